The first-order valence-electron chi connectivity index (χ1n) is 7.16. The van der Waals surface area contributed by atoms with Crippen molar-refractivity contribution in [2.24, 2.45) is 0 Å². The van der Waals surface area contributed by atoms with Crippen LogP contribution in [-0.4, -0.2) is 4.98 Å². The first-order chi connectivity index (χ1) is 8.75. The van der Waals surface area contributed by atoms with Gasteiger partial charge < -0.3 is 0 Å². The molecule has 0 radical (unpaired) electrons. The zero-order valence-electron chi connectivity index (χ0n) is 13.0. The standard InChI is InChI=1S/C18H25N/c1-7-18(5,6)14-12-13-10-8-9-11-15(13)19-16(14)17(2,3)4/h8-12H,7H2,1-6H3. The van der Waals surface area contributed by atoms with Gasteiger partial charge >= 0.3 is 0 Å². The van der Waals surface area contributed by atoms with Gasteiger partial charge in [0.2, 0.25) is 0 Å². The topological polar surface area (TPSA) is 12.9 Å². The lowest BCUT2D eigenvalue weighted by Gasteiger charge is -2.31. The van der Waals surface area contributed by atoms with Gasteiger partial charge in [0.25, 0.3) is 0 Å². The molecule has 2 aromatic rings. The van der Waals surface area contributed by atoms with Crippen molar-refractivity contribution in [2.45, 2.75) is 58.8 Å². The molecule has 19 heavy (non-hydrogen) atoms. The van der Waals surface area contributed by atoms with Crippen molar-refractivity contribution in [3.63, 3.8) is 0 Å². The van der Waals surface area contributed by atoms with Crippen molar-refractivity contribution >= 4 is 10.9 Å². The molecule has 0 fully saturated rings. The highest BCUT2D eigenvalue weighted by Gasteiger charge is 2.28. The summed E-state index contributed by atoms with van der Waals surface area (Å²) in [6.45, 7) is 13.6. The molecule has 0 bridgehead atoms. The van der Waals surface area contributed by atoms with Crippen LogP contribution in [0.1, 0.15) is 59.2 Å². The molecule has 0 aliphatic rings. The van der Waals surface area contributed by atoms with E-state index in [4.69, 9.17) is 4.98 Å². The van der Waals surface area contributed by atoms with E-state index < -0.39 is 0 Å². The Morgan fingerprint density at radius 2 is 1.63 bits per heavy atom. The number of fused-ring (bicyclic) bond motifs is 1. The van der Waals surface area contributed by atoms with Gasteiger partial charge in [0, 0.05) is 10.8 Å². The first-order valence-corrected chi connectivity index (χ1v) is 7.16. The van der Waals surface area contributed by atoms with Crippen LogP contribution in [0.5, 0.6) is 0 Å². The maximum atomic E-state index is 4.96. The quantitative estimate of drug-likeness (QED) is 0.717. The van der Waals surface area contributed by atoms with Gasteiger partial charge in [-0.25, -0.2) is 0 Å². The summed E-state index contributed by atoms with van der Waals surface area (Å²) in [6.07, 6.45) is 1.12. The number of benzene rings is 1. The molecule has 0 unspecified atom stereocenters. The summed E-state index contributed by atoms with van der Waals surface area (Å²) in [5.74, 6) is 0. The number of hydrogen-bond donors (Lipinski definition) is 0. The molecular formula is C18H25N. The Kier molecular flexibility index (Phi) is 3.42. The smallest absolute Gasteiger partial charge is 0.0705 e. The zero-order chi connectivity index (χ0) is 14.3. The third-order valence-corrected chi connectivity index (χ3v) is 4.05. The van der Waals surface area contributed by atoms with E-state index in [-0.39, 0.29) is 10.8 Å². The number of hydrogen-bond acceptors (Lipinski definition) is 1. The van der Waals surface area contributed by atoms with Gasteiger partial charge in [-0.2, -0.15) is 0 Å². The molecule has 0 atom stereocenters. The summed E-state index contributed by atoms with van der Waals surface area (Å²) >= 11 is 0. The van der Waals surface area contributed by atoms with E-state index in [1.807, 2.05) is 0 Å². The number of nitrogens with zero attached hydrogens (tertiary/aromatic N) is 1. The molecular weight excluding hydrogens is 230 g/mol. The molecule has 0 aliphatic carbocycles. The normalized spacial score (nSPS) is 12.9. The van der Waals surface area contributed by atoms with Gasteiger partial charge in [-0.1, -0.05) is 59.7 Å². The molecule has 0 aliphatic heterocycles. The van der Waals surface area contributed by atoms with E-state index in [9.17, 15) is 0 Å². The molecule has 102 valence electrons. The molecule has 0 saturated heterocycles. The van der Waals surface area contributed by atoms with Gasteiger partial charge in [-0.15, -0.1) is 0 Å². The fraction of sp³-hybridized carbons (Fsp3) is 0.500. The Labute approximate surface area is 117 Å². The van der Waals surface area contributed by atoms with Crippen LogP contribution >= 0.6 is 0 Å². The maximum Gasteiger partial charge on any atom is 0.0705 e. The van der Waals surface area contributed by atoms with Gasteiger partial charge in [0.05, 0.1) is 11.2 Å². The molecule has 0 N–H and O–H groups in total. The highest BCUT2D eigenvalue weighted by Crippen LogP contribution is 2.36. The minimum atomic E-state index is 0.0752. The van der Waals surface area contributed by atoms with E-state index in [1.54, 1.807) is 0 Å². The Bertz CT molecular complexity index is 588. The van der Waals surface area contributed by atoms with Crippen molar-refractivity contribution in [3.8, 4) is 0 Å². The van der Waals surface area contributed by atoms with Crippen LogP contribution in [0.25, 0.3) is 10.9 Å². The van der Waals surface area contributed by atoms with E-state index in [2.05, 4.69) is 71.9 Å². The van der Waals surface area contributed by atoms with Crippen molar-refractivity contribution in [1.29, 1.82) is 0 Å². The third kappa shape index (κ3) is 2.65. The molecule has 1 heteroatoms. The second-order valence-electron chi connectivity index (χ2n) is 7.06. The minimum absolute atomic E-state index is 0.0752. The molecule has 1 aromatic carbocycles. The van der Waals surface area contributed by atoms with E-state index in [1.165, 1.54) is 16.6 Å². The average Bonchev–Trinajstić information content (AvgIpc) is 2.36. The van der Waals surface area contributed by atoms with Gasteiger partial charge in [0.1, 0.15) is 0 Å². The SMILES string of the molecule is CCC(C)(C)c1cc2ccccc2nc1C(C)(C)C. The summed E-state index contributed by atoms with van der Waals surface area (Å²) in [4.78, 5) is 4.96. The summed E-state index contributed by atoms with van der Waals surface area (Å²) in [5, 5.41) is 1.24. The second kappa shape index (κ2) is 4.63. The molecule has 1 nitrogen and oxygen atoms in total. The number of rotatable bonds is 2. The van der Waals surface area contributed by atoms with Gasteiger partial charge in [0.15, 0.2) is 0 Å². The van der Waals surface area contributed by atoms with Crippen LogP contribution in [0.4, 0.5) is 0 Å². The Morgan fingerprint density at radius 3 is 2.21 bits per heavy atom. The summed E-state index contributed by atoms with van der Waals surface area (Å²) < 4.78 is 0. The number of para-hydroxylation sites is 1. The second-order valence-corrected chi connectivity index (χ2v) is 7.06. The Balaban J connectivity index is 2.79. The van der Waals surface area contributed by atoms with Crippen LogP contribution in [0, 0.1) is 0 Å². The van der Waals surface area contributed by atoms with Crippen molar-refractivity contribution in [2.75, 3.05) is 0 Å². The van der Waals surface area contributed by atoms with Crippen LogP contribution in [-0.2, 0) is 10.8 Å². The zero-order valence-corrected chi connectivity index (χ0v) is 13.0. The minimum Gasteiger partial charge on any atom is -0.252 e. The Morgan fingerprint density at radius 1 is 1.00 bits per heavy atom. The Hall–Kier alpha value is -1.37. The van der Waals surface area contributed by atoms with Crippen LogP contribution in [0.3, 0.4) is 0 Å². The highest BCUT2D eigenvalue weighted by atomic mass is 14.7. The van der Waals surface area contributed by atoms with Crippen LogP contribution < -0.4 is 0 Å². The largest absolute Gasteiger partial charge is 0.252 e. The van der Waals surface area contributed by atoms with E-state index in [0.717, 1.165) is 11.9 Å². The van der Waals surface area contributed by atoms with Gasteiger partial charge in [-0.05, 0) is 29.5 Å². The summed E-state index contributed by atoms with van der Waals surface area (Å²) in [6, 6.07) is 10.7. The molecule has 2 rings (SSSR count). The third-order valence-electron chi connectivity index (χ3n) is 4.05. The monoisotopic (exact) mass is 255 g/mol. The predicted octanol–water partition coefficient (Wildman–Crippen LogP) is 5.22. The first kappa shape index (κ1) is 14.0. The number of pyridine rings is 1. The molecule has 0 spiro atoms. The lowest BCUT2D eigenvalue weighted by atomic mass is 9.75. The average molecular weight is 255 g/mol. The molecule has 0 saturated carbocycles. The van der Waals surface area contributed by atoms with Crippen molar-refractivity contribution in [1.82, 2.24) is 4.98 Å². The highest BCUT2D eigenvalue weighted by molar-refractivity contribution is 5.80. The lowest BCUT2D eigenvalue weighted by Crippen LogP contribution is -2.25. The number of aromatic nitrogens is 1. The molecule has 0 amide bonds. The van der Waals surface area contributed by atoms with Crippen LogP contribution in [0.2, 0.25) is 0 Å². The van der Waals surface area contributed by atoms with Crippen molar-refractivity contribution < 1.29 is 0 Å². The predicted molar refractivity (Wildman–Crippen MR) is 83.8 cm³/mol. The molecule has 1 aromatic heterocycles. The summed E-state index contributed by atoms with van der Waals surface area (Å²) in [7, 11) is 0. The summed E-state index contributed by atoms with van der Waals surface area (Å²) in [5.41, 5.74) is 3.97. The van der Waals surface area contributed by atoms with E-state index >= 15 is 0 Å². The fourth-order valence-corrected chi connectivity index (χ4v) is 2.39. The lowest BCUT2D eigenvalue weighted by molar-refractivity contribution is 0.472. The maximum absolute atomic E-state index is 4.96. The van der Waals surface area contributed by atoms with Crippen molar-refractivity contribution in [3.05, 3.63) is 41.6 Å². The van der Waals surface area contributed by atoms with Gasteiger partial charge in [-0.3, -0.25) is 4.98 Å². The fourth-order valence-electron chi connectivity index (χ4n) is 2.39. The molecule has 1 heterocycles. The van der Waals surface area contributed by atoms with E-state index in [0.29, 0.717) is 0 Å². The van der Waals surface area contributed by atoms with Crippen LogP contribution in [0.15, 0.2) is 30.3 Å².